The second-order valence-corrected chi connectivity index (χ2v) is 9.43. The van der Waals surface area contributed by atoms with E-state index in [2.05, 4.69) is 33.1 Å². The van der Waals surface area contributed by atoms with Crippen LogP contribution in [0.5, 0.6) is 0 Å². The molecule has 2 heterocycles. The number of piperidine rings is 1. The van der Waals surface area contributed by atoms with E-state index < -0.39 is 23.9 Å². The normalized spacial score (nSPS) is 16.4. The zero-order chi connectivity index (χ0) is 29.1. The number of aromatic nitrogens is 2. The maximum absolute atomic E-state index is 13.0. The molecule has 0 bridgehead atoms. The second kappa shape index (κ2) is 11.7. The van der Waals surface area contributed by atoms with Crippen LogP contribution >= 0.6 is 0 Å². The Bertz CT molecular complexity index is 1460. The topological polar surface area (TPSA) is 89.4 Å². The Kier molecular flexibility index (Phi) is 8.50. The number of carboxylic acids is 1. The first-order chi connectivity index (χ1) is 18.8. The van der Waals surface area contributed by atoms with Gasteiger partial charge in [0.25, 0.3) is 0 Å². The Balaban J connectivity index is 0.000000470. The van der Waals surface area contributed by atoms with Crippen molar-refractivity contribution in [3.8, 4) is 22.5 Å². The van der Waals surface area contributed by atoms with E-state index in [4.69, 9.17) is 9.90 Å². The predicted molar refractivity (Wildman–Crippen MR) is 136 cm³/mol. The molecule has 1 unspecified atom stereocenters. The van der Waals surface area contributed by atoms with E-state index in [-0.39, 0.29) is 6.10 Å². The number of aliphatic hydroxyl groups is 1. The third-order valence-electron chi connectivity index (χ3n) is 6.36. The second-order valence-electron chi connectivity index (χ2n) is 9.43. The fourth-order valence-electron chi connectivity index (χ4n) is 4.43. The highest BCUT2D eigenvalue weighted by molar-refractivity contribution is 5.80. The number of carbonyl (C=O) groups is 1. The number of aliphatic hydroxyl groups excluding tert-OH is 1. The molecular formula is C28H25F6N3O3. The summed E-state index contributed by atoms with van der Waals surface area (Å²) < 4.78 is 70.7. The Morgan fingerprint density at radius 1 is 0.950 bits per heavy atom. The number of imidazole rings is 1. The van der Waals surface area contributed by atoms with Crippen LogP contribution in [-0.4, -0.2) is 56.4 Å². The van der Waals surface area contributed by atoms with Crippen LogP contribution in [0.15, 0.2) is 66.7 Å². The highest BCUT2D eigenvalue weighted by Crippen LogP contribution is 2.32. The fraction of sp³-hybridized carbons (Fsp3) is 0.286. The molecule has 1 atom stereocenters. The minimum Gasteiger partial charge on any atom is -0.475 e. The van der Waals surface area contributed by atoms with Crippen LogP contribution < -0.4 is 0 Å². The van der Waals surface area contributed by atoms with Crippen LogP contribution in [0, 0.1) is 0 Å². The molecule has 0 amide bonds. The quantitative estimate of drug-likeness (QED) is 0.246. The van der Waals surface area contributed by atoms with E-state index in [1.807, 2.05) is 30.3 Å². The highest BCUT2D eigenvalue weighted by atomic mass is 19.4. The molecular weight excluding hydrogens is 540 g/mol. The molecule has 0 aliphatic carbocycles. The van der Waals surface area contributed by atoms with Crippen molar-refractivity contribution >= 4 is 17.0 Å². The summed E-state index contributed by atoms with van der Waals surface area (Å²) in [7, 11) is 0. The number of halogens is 6. The van der Waals surface area contributed by atoms with Gasteiger partial charge in [0.15, 0.2) is 0 Å². The van der Waals surface area contributed by atoms with E-state index in [1.165, 1.54) is 11.6 Å². The maximum atomic E-state index is 13.0. The molecule has 6 nitrogen and oxygen atoms in total. The molecule has 1 aliphatic rings. The van der Waals surface area contributed by atoms with Crippen LogP contribution in [0.1, 0.15) is 24.0 Å². The van der Waals surface area contributed by atoms with Crippen LogP contribution in [0.3, 0.4) is 0 Å². The van der Waals surface area contributed by atoms with Gasteiger partial charge in [0, 0.05) is 18.7 Å². The van der Waals surface area contributed by atoms with Crippen molar-refractivity contribution in [1.29, 1.82) is 0 Å². The van der Waals surface area contributed by atoms with Crippen molar-refractivity contribution in [1.82, 2.24) is 14.9 Å². The van der Waals surface area contributed by atoms with Crippen molar-refractivity contribution in [2.75, 3.05) is 13.1 Å². The summed E-state index contributed by atoms with van der Waals surface area (Å²) in [6.45, 7) is 2.51. The summed E-state index contributed by atoms with van der Waals surface area (Å²) in [6.07, 6.45) is -7.82. The molecule has 1 fully saturated rings. The molecule has 40 heavy (non-hydrogen) atoms. The molecule has 0 spiro atoms. The van der Waals surface area contributed by atoms with E-state index in [0.29, 0.717) is 23.4 Å². The molecule has 1 aliphatic heterocycles. The van der Waals surface area contributed by atoms with Crippen molar-refractivity contribution < 1.29 is 41.4 Å². The SMILES string of the molecule is O=C(O)C(F)(F)F.OC1CCCN(Cc2cccc(-c3ccc(-c4nc5ccc(C(F)(F)F)cc5[nH]4)cc3)c2)C1. The number of fused-ring (bicyclic) bond motifs is 1. The molecule has 4 aromatic rings. The van der Waals surface area contributed by atoms with E-state index >= 15 is 0 Å². The average Bonchev–Trinajstić information content (AvgIpc) is 3.32. The largest absolute Gasteiger partial charge is 0.490 e. The minimum atomic E-state index is -5.08. The first-order valence-electron chi connectivity index (χ1n) is 12.3. The molecule has 0 radical (unpaired) electrons. The van der Waals surface area contributed by atoms with Gasteiger partial charge in [0.05, 0.1) is 22.7 Å². The standard InChI is InChI=1S/C26H24F3N3O.C2HF3O2/c27-26(28,29)21-10-11-23-24(14-21)31-25(30-23)19-8-6-18(7-9-19)20-4-1-3-17(13-20)15-32-12-2-5-22(33)16-32;3-2(4,5)1(6)7/h1,3-4,6-11,13-14,22,33H,2,5,12,15-16H2,(H,30,31);(H,6,7). The first kappa shape index (κ1) is 29.1. The summed E-state index contributed by atoms with van der Waals surface area (Å²) in [6, 6.07) is 19.7. The van der Waals surface area contributed by atoms with E-state index in [1.54, 1.807) is 0 Å². The third-order valence-corrected chi connectivity index (χ3v) is 6.36. The van der Waals surface area contributed by atoms with Gasteiger partial charge in [-0.15, -0.1) is 0 Å². The Labute approximate surface area is 224 Å². The number of aromatic amines is 1. The Morgan fingerprint density at radius 3 is 2.25 bits per heavy atom. The smallest absolute Gasteiger partial charge is 0.475 e. The van der Waals surface area contributed by atoms with Crippen LogP contribution in [0.25, 0.3) is 33.5 Å². The lowest BCUT2D eigenvalue weighted by atomic mass is 10.0. The monoisotopic (exact) mass is 565 g/mol. The van der Waals surface area contributed by atoms with Gasteiger partial charge in [-0.3, -0.25) is 4.90 Å². The summed E-state index contributed by atoms with van der Waals surface area (Å²) in [5, 5.41) is 17.0. The Hall–Kier alpha value is -3.90. The molecule has 1 aromatic heterocycles. The number of nitrogens with one attached hydrogen (secondary N) is 1. The van der Waals surface area contributed by atoms with Crippen molar-refractivity contribution in [3.05, 3.63) is 77.9 Å². The van der Waals surface area contributed by atoms with Crippen LogP contribution in [-0.2, 0) is 17.5 Å². The van der Waals surface area contributed by atoms with Crippen LogP contribution in [0.2, 0.25) is 0 Å². The average molecular weight is 566 g/mol. The highest BCUT2D eigenvalue weighted by Gasteiger charge is 2.38. The first-order valence-corrected chi connectivity index (χ1v) is 12.3. The van der Waals surface area contributed by atoms with Gasteiger partial charge >= 0.3 is 18.3 Å². The number of β-amino-alcohol motifs (C(OH)–C–C–N with tert-alkyl or cyclic N) is 1. The van der Waals surface area contributed by atoms with Gasteiger partial charge in [-0.2, -0.15) is 26.3 Å². The zero-order valence-corrected chi connectivity index (χ0v) is 20.9. The van der Waals surface area contributed by atoms with Gasteiger partial charge in [-0.1, -0.05) is 42.5 Å². The van der Waals surface area contributed by atoms with Crippen molar-refractivity contribution in [2.45, 2.75) is 37.8 Å². The van der Waals surface area contributed by atoms with Crippen molar-refractivity contribution in [2.24, 2.45) is 0 Å². The number of alkyl halides is 6. The number of carboxylic acid groups (broad SMARTS) is 1. The lowest BCUT2D eigenvalue weighted by Crippen LogP contribution is -2.37. The number of hydrogen-bond acceptors (Lipinski definition) is 4. The Morgan fingerprint density at radius 2 is 1.62 bits per heavy atom. The fourth-order valence-corrected chi connectivity index (χ4v) is 4.43. The number of nitrogens with zero attached hydrogens (tertiary/aromatic N) is 2. The summed E-state index contributed by atoms with van der Waals surface area (Å²) in [5.74, 6) is -2.22. The molecule has 3 N–H and O–H groups in total. The summed E-state index contributed by atoms with van der Waals surface area (Å²) in [5.41, 5.74) is 4.31. The van der Waals surface area contributed by atoms with Crippen LogP contribution in [0.4, 0.5) is 26.3 Å². The molecule has 5 rings (SSSR count). The summed E-state index contributed by atoms with van der Waals surface area (Å²) in [4.78, 5) is 18.6. The van der Waals surface area contributed by atoms with Gasteiger partial charge in [-0.05, 0) is 60.3 Å². The zero-order valence-electron chi connectivity index (χ0n) is 20.9. The summed E-state index contributed by atoms with van der Waals surface area (Å²) >= 11 is 0. The van der Waals surface area contributed by atoms with Gasteiger partial charge < -0.3 is 15.2 Å². The van der Waals surface area contributed by atoms with Crippen molar-refractivity contribution in [3.63, 3.8) is 0 Å². The number of rotatable bonds is 4. The predicted octanol–water partition coefficient (Wildman–Crippen LogP) is 6.51. The number of benzene rings is 3. The molecule has 12 heteroatoms. The lowest BCUT2D eigenvalue weighted by Gasteiger charge is -2.30. The molecule has 212 valence electrons. The number of hydrogen-bond donors (Lipinski definition) is 3. The number of H-pyrrole nitrogens is 1. The lowest BCUT2D eigenvalue weighted by molar-refractivity contribution is -0.192. The minimum absolute atomic E-state index is 0.243. The number of likely N-dealkylation sites (tertiary alicyclic amines) is 1. The maximum Gasteiger partial charge on any atom is 0.490 e. The van der Waals surface area contributed by atoms with E-state index in [0.717, 1.165) is 54.8 Å². The molecule has 0 saturated carbocycles. The van der Waals surface area contributed by atoms with Gasteiger partial charge in [0.2, 0.25) is 0 Å². The third kappa shape index (κ3) is 7.39. The van der Waals surface area contributed by atoms with E-state index in [9.17, 15) is 31.4 Å². The van der Waals surface area contributed by atoms with Gasteiger partial charge in [-0.25, -0.2) is 9.78 Å². The molecule has 1 saturated heterocycles. The van der Waals surface area contributed by atoms with Gasteiger partial charge in [0.1, 0.15) is 5.82 Å². The molecule has 3 aromatic carbocycles. The number of aliphatic carboxylic acids is 1.